The fourth-order valence-corrected chi connectivity index (χ4v) is 4.07. The maximum absolute atomic E-state index is 14.0. The van der Waals surface area contributed by atoms with Gasteiger partial charge in [0.25, 0.3) is 0 Å². The predicted octanol–water partition coefficient (Wildman–Crippen LogP) is 6.80. The summed E-state index contributed by atoms with van der Waals surface area (Å²) in [6.07, 6.45) is -4.74. The van der Waals surface area contributed by atoms with Crippen LogP contribution in [-0.4, -0.2) is 9.67 Å². The number of rotatable bonds is 3. The van der Waals surface area contributed by atoms with Crippen LogP contribution in [0.2, 0.25) is 15.1 Å². The minimum atomic E-state index is -4.74. The number of nitrogens with zero attached hydrogens (tertiary/aromatic N) is 3. The number of hydrogen-bond acceptors (Lipinski definition) is 1. The Hall–Kier alpha value is -2.54. The molecule has 0 spiro atoms. The lowest BCUT2D eigenvalue weighted by molar-refractivity contribution is -0.666. The average molecular weight is 470 g/mol. The van der Waals surface area contributed by atoms with Gasteiger partial charge in [0, 0.05) is 5.02 Å². The number of aromatic nitrogens is 3. The quantitative estimate of drug-likeness (QED) is 0.303. The van der Waals surface area contributed by atoms with Crippen molar-refractivity contribution in [2.24, 2.45) is 0 Å². The molecule has 9 heteroatoms. The van der Waals surface area contributed by atoms with Crippen molar-refractivity contribution in [3.8, 4) is 22.8 Å². The molecule has 0 fully saturated rings. The summed E-state index contributed by atoms with van der Waals surface area (Å²) in [7, 11) is 0. The summed E-state index contributed by atoms with van der Waals surface area (Å²) >= 11 is 18.8. The Morgan fingerprint density at radius 2 is 1.33 bits per heavy atom. The zero-order chi connectivity index (χ0) is 21.5. The van der Waals surface area contributed by atoms with Gasteiger partial charge in [-0.1, -0.05) is 71.2 Å². The van der Waals surface area contributed by atoms with Crippen LogP contribution in [0.4, 0.5) is 13.2 Å². The topological polar surface area (TPSA) is 21.7 Å². The molecule has 1 heterocycles. The monoisotopic (exact) mass is 468 g/mol. The molecule has 3 nitrogen and oxygen atoms in total. The summed E-state index contributed by atoms with van der Waals surface area (Å²) in [6.45, 7) is 0. The molecule has 0 atom stereocenters. The average Bonchev–Trinajstić information content (AvgIpc) is 3.09. The van der Waals surface area contributed by atoms with Crippen LogP contribution in [-0.2, 0) is 6.18 Å². The minimum absolute atomic E-state index is 0.0258. The van der Waals surface area contributed by atoms with Gasteiger partial charge in [-0.2, -0.15) is 13.2 Å². The van der Waals surface area contributed by atoms with Crippen molar-refractivity contribution >= 4 is 34.8 Å². The van der Waals surface area contributed by atoms with E-state index in [4.69, 9.17) is 34.8 Å². The van der Waals surface area contributed by atoms with Gasteiger partial charge in [-0.3, -0.25) is 0 Å². The molecular formula is C21H12Cl3F3N3+. The first kappa shape index (κ1) is 20.7. The molecule has 0 aliphatic heterocycles. The van der Waals surface area contributed by atoms with E-state index < -0.39 is 12.0 Å². The summed E-state index contributed by atoms with van der Waals surface area (Å²) < 4.78 is 44.3. The third-order valence-corrected chi connectivity index (χ3v) is 5.09. The largest absolute Gasteiger partial charge is 0.479 e. The highest BCUT2D eigenvalue weighted by atomic mass is 35.5. The van der Waals surface area contributed by atoms with Crippen molar-refractivity contribution in [1.29, 1.82) is 0 Å². The van der Waals surface area contributed by atoms with E-state index in [2.05, 4.69) is 4.98 Å². The molecular weight excluding hydrogens is 458 g/mol. The second kappa shape index (κ2) is 7.95. The normalized spacial score (nSPS) is 11.7. The Kier molecular flexibility index (Phi) is 5.49. The standard InChI is InChI=1S/C21H12Cl3F3N3/c22-14-11-16(23)18(17(24)12-14)30-19(13-7-3-1-4-8-13)28-20(21(25,26)27)29(30)15-9-5-2-6-10-15/h1-12H/q+1. The molecule has 4 rings (SSSR count). The van der Waals surface area contributed by atoms with Crippen LogP contribution in [0.25, 0.3) is 22.8 Å². The second-order valence-corrected chi connectivity index (χ2v) is 7.55. The molecule has 0 amide bonds. The molecule has 4 aromatic rings. The SMILES string of the molecule is FC(F)(F)c1nc(-c2ccccc2)[n+](-c2c(Cl)cc(Cl)cc2Cl)n1-c1ccccc1. The van der Waals surface area contributed by atoms with Crippen molar-refractivity contribution < 1.29 is 17.9 Å². The van der Waals surface area contributed by atoms with Crippen LogP contribution in [0.1, 0.15) is 5.82 Å². The van der Waals surface area contributed by atoms with Crippen LogP contribution < -0.4 is 4.68 Å². The third kappa shape index (κ3) is 3.78. The van der Waals surface area contributed by atoms with Gasteiger partial charge in [0.1, 0.15) is 0 Å². The van der Waals surface area contributed by atoms with E-state index in [1.165, 1.54) is 16.8 Å². The summed E-state index contributed by atoms with van der Waals surface area (Å²) in [4.78, 5) is 3.96. The van der Waals surface area contributed by atoms with Crippen molar-refractivity contribution in [3.63, 3.8) is 0 Å². The lowest BCUT2D eigenvalue weighted by Crippen LogP contribution is -2.43. The summed E-state index contributed by atoms with van der Waals surface area (Å²) in [5.74, 6) is -1.09. The molecule has 1 aromatic heterocycles. The fourth-order valence-electron chi connectivity index (χ4n) is 3.09. The highest BCUT2D eigenvalue weighted by Gasteiger charge is 2.47. The number of hydrogen-bond donors (Lipinski definition) is 0. The van der Waals surface area contributed by atoms with Crippen molar-refractivity contribution in [3.05, 3.63) is 93.7 Å². The van der Waals surface area contributed by atoms with Crippen LogP contribution in [0.15, 0.2) is 72.8 Å². The van der Waals surface area contributed by atoms with Crippen LogP contribution in [0.3, 0.4) is 0 Å². The van der Waals surface area contributed by atoms with E-state index in [0.29, 0.717) is 5.56 Å². The Labute approximate surface area is 184 Å². The lowest BCUT2D eigenvalue weighted by Gasteiger charge is -2.12. The van der Waals surface area contributed by atoms with Crippen molar-refractivity contribution in [1.82, 2.24) is 9.67 Å². The van der Waals surface area contributed by atoms with Gasteiger partial charge in [-0.05, 0) is 41.4 Å². The maximum atomic E-state index is 14.0. The van der Waals surface area contributed by atoms with Gasteiger partial charge in [0.2, 0.25) is 0 Å². The first-order valence-corrected chi connectivity index (χ1v) is 9.79. The molecule has 0 aliphatic rings. The number of para-hydroxylation sites is 1. The molecule has 0 unspecified atom stereocenters. The Morgan fingerprint density at radius 1 is 0.800 bits per heavy atom. The number of benzene rings is 3. The van der Waals surface area contributed by atoms with Gasteiger partial charge in [0.15, 0.2) is 5.69 Å². The Balaban J connectivity index is 2.18. The number of halogens is 6. The third-order valence-electron chi connectivity index (χ3n) is 4.29. The fraction of sp³-hybridized carbons (Fsp3) is 0.0476. The Morgan fingerprint density at radius 3 is 1.87 bits per heavy atom. The maximum Gasteiger partial charge on any atom is 0.479 e. The minimum Gasteiger partial charge on any atom is -0.161 e. The van der Waals surface area contributed by atoms with Crippen LogP contribution in [0, 0.1) is 0 Å². The van der Waals surface area contributed by atoms with Gasteiger partial charge in [-0.25, -0.2) is 0 Å². The van der Waals surface area contributed by atoms with E-state index in [0.717, 1.165) is 4.68 Å². The van der Waals surface area contributed by atoms with Gasteiger partial charge in [0.05, 0.1) is 21.3 Å². The second-order valence-electron chi connectivity index (χ2n) is 6.30. The van der Waals surface area contributed by atoms with Crippen LogP contribution >= 0.6 is 34.8 Å². The zero-order valence-corrected chi connectivity index (χ0v) is 17.3. The highest BCUT2D eigenvalue weighted by molar-refractivity contribution is 6.40. The van der Waals surface area contributed by atoms with Gasteiger partial charge in [-0.15, -0.1) is 9.36 Å². The molecule has 0 bridgehead atoms. The van der Waals surface area contributed by atoms with E-state index >= 15 is 0 Å². The van der Waals surface area contributed by atoms with E-state index in [-0.39, 0.29) is 32.3 Å². The molecule has 0 saturated carbocycles. The highest BCUT2D eigenvalue weighted by Crippen LogP contribution is 2.35. The predicted molar refractivity (Wildman–Crippen MR) is 111 cm³/mol. The molecule has 0 aliphatic carbocycles. The van der Waals surface area contributed by atoms with Gasteiger partial charge < -0.3 is 0 Å². The lowest BCUT2D eigenvalue weighted by atomic mass is 10.2. The van der Waals surface area contributed by atoms with Crippen molar-refractivity contribution in [2.45, 2.75) is 6.18 Å². The van der Waals surface area contributed by atoms with E-state index in [9.17, 15) is 13.2 Å². The Bertz CT molecular complexity index is 1180. The molecule has 0 radical (unpaired) electrons. The van der Waals surface area contributed by atoms with Crippen LogP contribution in [0.5, 0.6) is 0 Å². The molecule has 3 aromatic carbocycles. The van der Waals surface area contributed by atoms with E-state index in [1.54, 1.807) is 60.7 Å². The van der Waals surface area contributed by atoms with Gasteiger partial charge >= 0.3 is 17.8 Å². The number of alkyl halides is 3. The van der Waals surface area contributed by atoms with E-state index in [1.807, 2.05) is 0 Å². The summed E-state index contributed by atoms with van der Waals surface area (Å²) in [6, 6.07) is 19.4. The summed E-state index contributed by atoms with van der Waals surface area (Å²) in [5, 5.41) is 0.429. The summed E-state index contributed by atoms with van der Waals surface area (Å²) in [5.41, 5.74) is 0.829. The smallest absolute Gasteiger partial charge is 0.161 e. The molecule has 152 valence electrons. The first-order valence-electron chi connectivity index (χ1n) is 8.65. The molecule has 30 heavy (non-hydrogen) atoms. The molecule has 0 saturated heterocycles. The molecule has 0 N–H and O–H groups in total. The van der Waals surface area contributed by atoms with Crippen molar-refractivity contribution in [2.75, 3.05) is 0 Å². The first-order chi connectivity index (χ1) is 14.3. The zero-order valence-electron chi connectivity index (χ0n) is 15.0.